The number of nitrogens with two attached hydrogens (primary N) is 1. The molecule has 23 heteroatoms. The normalized spacial score (nSPS) is 27.1. The Bertz CT molecular complexity index is 1270. The molecule has 0 aliphatic carbocycles. The minimum Gasteiger partial charge on any atom is -0.387 e. The van der Waals surface area contributed by atoms with Crippen LogP contribution < -0.4 is 5.73 Å². The molecule has 1 aliphatic heterocycles. The third kappa shape index (κ3) is 5.49. The first-order valence-corrected chi connectivity index (χ1v) is 15.0. The smallest absolute Gasteiger partial charge is 0.387 e. The second-order valence-electron chi connectivity index (χ2n) is 6.96. The fourth-order valence-corrected chi connectivity index (χ4v) is 7.04. The molecule has 7 N–H and O–H groups in total. The molecule has 0 spiro atoms. The third-order valence-corrected chi connectivity index (χ3v) is 10.3. The van der Waals surface area contributed by atoms with Crippen LogP contribution in [0.3, 0.4) is 0 Å². The Balaban J connectivity index is 1.76. The van der Waals surface area contributed by atoms with Crippen LogP contribution in [-0.2, 0) is 27.3 Å². The molecule has 194 valence electrons. The number of nitrogen functional groups attached to an aromatic ring is 1. The van der Waals surface area contributed by atoms with E-state index in [1.807, 2.05) is 0 Å². The van der Waals surface area contributed by atoms with Gasteiger partial charge in [0.2, 0.25) is 7.57 Å². The van der Waals surface area contributed by atoms with E-state index >= 15 is 0 Å². The Labute approximate surface area is 199 Å². The number of imidazole rings is 1. The molecule has 3 heterocycles. The molecule has 0 amide bonds. The number of nitrogens with zero attached hydrogens (tertiary/aromatic N) is 4. The predicted octanol–water partition coefficient (Wildman–Crippen LogP) is -0.0272. The molecule has 16 nitrogen and oxygen atoms in total. The van der Waals surface area contributed by atoms with E-state index in [1.165, 1.54) is 10.9 Å². The summed E-state index contributed by atoms with van der Waals surface area (Å²) in [7, 11) is -13.5. The van der Waals surface area contributed by atoms with Crippen LogP contribution in [0.15, 0.2) is 11.5 Å². The van der Waals surface area contributed by atoms with Crippen molar-refractivity contribution < 1.29 is 60.9 Å². The molecule has 0 bridgehead atoms. The summed E-state index contributed by atoms with van der Waals surface area (Å²) in [4.78, 5) is 38.6. The van der Waals surface area contributed by atoms with Crippen LogP contribution in [0.1, 0.15) is 6.23 Å². The number of alkyl halides is 2. The van der Waals surface area contributed by atoms with Crippen molar-refractivity contribution in [3.8, 4) is 0 Å². The fourth-order valence-electron chi connectivity index (χ4n) is 2.86. The largest absolute Gasteiger partial charge is 0.444 e. The zero-order valence-corrected chi connectivity index (χ0v) is 20.7. The summed E-state index contributed by atoms with van der Waals surface area (Å²) >= 11 is 1.15. The number of aromatic nitrogens is 4. The van der Waals surface area contributed by atoms with Crippen molar-refractivity contribution in [1.82, 2.24) is 19.5 Å². The topological polar surface area (TPSA) is 250 Å². The van der Waals surface area contributed by atoms with Gasteiger partial charge in [-0.1, -0.05) is 11.8 Å². The summed E-state index contributed by atoms with van der Waals surface area (Å²) in [6.45, 7) is -1.04. The van der Waals surface area contributed by atoms with Crippen molar-refractivity contribution in [1.29, 1.82) is 0 Å². The highest BCUT2D eigenvalue weighted by atomic mass is 32.2. The highest BCUT2D eigenvalue weighted by Crippen LogP contribution is 2.77. The van der Waals surface area contributed by atoms with Crippen molar-refractivity contribution in [3.63, 3.8) is 0 Å². The molecule has 6 unspecified atom stereocenters. The highest BCUT2D eigenvalue weighted by molar-refractivity contribution is 7.98. The lowest BCUT2D eigenvalue weighted by atomic mass is 10.1. The number of aliphatic hydroxyl groups excluding tert-OH is 2. The molecule has 2 aromatic rings. The van der Waals surface area contributed by atoms with Gasteiger partial charge >= 0.3 is 20.6 Å². The van der Waals surface area contributed by atoms with Gasteiger partial charge in [-0.3, -0.25) is 18.3 Å². The predicted molar refractivity (Wildman–Crippen MR) is 115 cm³/mol. The fraction of sp³-hybridized carbons (Fsp3) is 0.583. The molecule has 1 saturated heterocycles. The molecule has 1 aliphatic rings. The van der Waals surface area contributed by atoms with Crippen LogP contribution in [0, 0.1) is 0 Å². The van der Waals surface area contributed by atoms with Gasteiger partial charge in [0, 0.05) is 0 Å². The Morgan fingerprint density at radius 2 is 1.89 bits per heavy atom. The lowest BCUT2D eigenvalue weighted by Crippen LogP contribution is -2.33. The van der Waals surface area contributed by atoms with Gasteiger partial charge in [-0.25, -0.2) is 19.3 Å². The SMILES string of the molecule is [B]P(=O)(OCC1OC(n2cnc3c(N)nc(SC)nc32)C(O)C1O)OP(=O)(O)C(F)(F)P(=O)(O)O. The molecule has 6 atom stereocenters. The molecular weight excluding hydrogens is 564 g/mol. The van der Waals surface area contributed by atoms with Crippen molar-refractivity contribution in [2.75, 3.05) is 18.6 Å². The maximum atomic E-state index is 13.6. The van der Waals surface area contributed by atoms with Crippen LogP contribution >= 0.6 is 34.4 Å². The van der Waals surface area contributed by atoms with Gasteiger partial charge in [-0.15, -0.1) is 0 Å². The van der Waals surface area contributed by atoms with E-state index in [0.29, 0.717) is 0 Å². The number of ether oxygens (including phenoxy) is 1. The van der Waals surface area contributed by atoms with Gasteiger partial charge in [0.25, 0.3) is 7.47 Å². The first-order valence-electron chi connectivity index (χ1n) is 8.98. The van der Waals surface area contributed by atoms with Gasteiger partial charge in [-0.05, 0) is 6.26 Å². The molecule has 0 aromatic carbocycles. The number of hydrogen-bond donors (Lipinski definition) is 6. The van der Waals surface area contributed by atoms with E-state index in [2.05, 4.69) is 23.8 Å². The van der Waals surface area contributed by atoms with Crippen LogP contribution in [0.25, 0.3) is 11.2 Å². The molecule has 2 radical (unpaired) electrons. The van der Waals surface area contributed by atoms with Gasteiger partial charge in [0.15, 0.2) is 22.8 Å². The minimum atomic E-state index is -6.62. The van der Waals surface area contributed by atoms with E-state index in [0.717, 1.165) is 11.8 Å². The van der Waals surface area contributed by atoms with E-state index in [-0.39, 0.29) is 22.1 Å². The number of fused-ring (bicyclic) bond motifs is 1. The Morgan fingerprint density at radius 3 is 2.46 bits per heavy atom. The first kappa shape index (κ1) is 28.6. The van der Waals surface area contributed by atoms with Crippen molar-refractivity contribution in [3.05, 3.63) is 6.33 Å². The maximum absolute atomic E-state index is 13.6. The average Bonchev–Trinajstić information content (AvgIpc) is 3.26. The molecular formula is C12H17BF2N5O11P3S. The van der Waals surface area contributed by atoms with E-state index in [1.54, 1.807) is 6.26 Å². The van der Waals surface area contributed by atoms with Crippen molar-refractivity contribution >= 4 is 59.0 Å². The third-order valence-electron chi connectivity index (χ3n) is 4.56. The summed E-state index contributed by atoms with van der Waals surface area (Å²) in [6.07, 6.45) is -3.49. The van der Waals surface area contributed by atoms with Crippen LogP contribution in [-0.4, -0.2) is 88.6 Å². The summed E-state index contributed by atoms with van der Waals surface area (Å²) in [5.41, 5.74) is 6.09. The van der Waals surface area contributed by atoms with Gasteiger partial charge in [0.05, 0.1) is 12.9 Å². The lowest BCUT2D eigenvalue weighted by molar-refractivity contribution is -0.0479. The number of anilines is 1. The molecule has 0 saturated carbocycles. The average molecular weight is 581 g/mol. The number of aliphatic hydroxyl groups is 2. The maximum Gasteiger partial charge on any atom is 0.444 e. The van der Waals surface area contributed by atoms with E-state index in [9.17, 15) is 37.6 Å². The summed E-state index contributed by atoms with van der Waals surface area (Å²) in [6, 6.07) is 0. The summed E-state index contributed by atoms with van der Waals surface area (Å²) < 4.78 is 76.4. The monoisotopic (exact) mass is 581 g/mol. The standard InChI is InChI=1S/C12H17BF2N5O11P3S/c1-35-11-18-8(16)5-9(19-11)20(3-17-5)10-7(22)6(21)4(30-10)2-29-34(13,28)31-33(26,27)12(14,15)32(23,24)25/h3-4,6-7,10,21-22H,2H2,1H3,(H,26,27)(H2,16,18,19)(H2,23,24,25). The van der Waals surface area contributed by atoms with Crippen molar-refractivity contribution in [2.45, 2.75) is 35.1 Å². The van der Waals surface area contributed by atoms with Crippen LogP contribution in [0.5, 0.6) is 0 Å². The lowest BCUT2D eigenvalue weighted by Gasteiger charge is -2.26. The van der Waals surface area contributed by atoms with Gasteiger partial charge in [-0.2, -0.15) is 8.78 Å². The number of rotatable bonds is 9. The minimum absolute atomic E-state index is 0.0211. The Morgan fingerprint density at radius 1 is 1.26 bits per heavy atom. The summed E-state index contributed by atoms with van der Waals surface area (Å²) in [5, 5.41) is 15.3. The zero-order chi connectivity index (χ0) is 26.6. The zero-order valence-electron chi connectivity index (χ0n) is 17.2. The number of hydrogen-bond acceptors (Lipinski definition) is 13. The van der Waals surface area contributed by atoms with Gasteiger partial charge in [0.1, 0.15) is 23.8 Å². The molecule has 2 aromatic heterocycles. The second-order valence-corrected chi connectivity index (χ2v) is 13.3. The first-order chi connectivity index (χ1) is 15.9. The van der Waals surface area contributed by atoms with Crippen LogP contribution in [0.4, 0.5) is 14.6 Å². The highest BCUT2D eigenvalue weighted by Gasteiger charge is 2.66. The van der Waals surface area contributed by atoms with E-state index < -0.39 is 59.2 Å². The Hall–Kier alpha value is -1.01. The Kier molecular flexibility index (Phi) is 7.92. The van der Waals surface area contributed by atoms with Crippen LogP contribution in [0.2, 0.25) is 0 Å². The molecule has 1 fully saturated rings. The number of halogens is 2. The number of thioether (sulfide) groups is 1. The molecule has 35 heavy (non-hydrogen) atoms. The molecule has 3 rings (SSSR count). The van der Waals surface area contributed by atoms with E-state index in [4.69, 9.17) is 27.8 Å². The van der Waals surface area contributed by atoms with Gasteiger partial charge < -0.3 is 39.9 Å². The quantitative estimate of drug-likeness (QED) is 0.0985. The summed E-state index contributed by atoms with van der Waals surface area (Å²) in [5.74, 6) is 0.0211. The second kappa shape index (κ2) is 9.70. The van der Waals surface area contributed by atoms with Crippen molar-refractivity contribution in [2.24, 2.45) is 0 Å².